The molecular weight excluding hydrogens is 381 g/mol. The van der Waals surface area contributed by atoms with E-state index in [9.17, 15) is 22.4 Å². The third kappa shape index (κ3) is 4.26. The molecule has 26 heavy (non-hydrogen) atoms. The zero-order valence-corrected chi connectivity index (χ0v) is 15.8. The molecule has 0 aliphatic carbocycles. The summed E-state index contributed by atoms with van der Waals surface area (Å²) in [5.74, 6) is -2.15. The maximum Gasteiger partial charge on any atom is 0.256 e. The van der Waals surface area contributed by atoms with Crippen LogP contribution in [0.5, 0.6) is 0 Å². The molecule has 0 fully saturated rings. The van der Waals surface area contributed by atoms with Crippen molar-refractivity contribution in [1.29, 1.82) is 0 Å². The second-order valence-electron chi connectivity index (χ2n) is 5.46. The highest BCUT2D eigenvalue weighted by Gasteiger charge is 2.27. The highest BCUT2D eigenvalue weighted by molar-refractivity contribution is 7.91. The van der Waals surface area contributed by atoms with Crippen LogP contribution in [-0.4, -0.2) is 38.1 Å². The molecule has 10 heteroatoms. The van der Waals surface area contributed by atoms with Gasteiger partial charge in [-0.1, -0.05) is 13.0 Å². The van der Waals surface area contributed by atoms with Crippen LogP contribution in [0, 0.1) is 5.82 Å². The van der Waals surface area contributed by atoms with Crippen molar-refractivity contribution in [3.63, 3.8) is 0 Å². The molecule has 1 aromatic carbocycles. The van der Waals surface area contributed by atoms with Gasteiger partial charge in [-0.2, -0.15) is 0 Å². The maximum absolute atomic E-state index is 13.3. The summed E-state index contributed by atoms with van der Waals surface area (Å²) in [5, 5.41) is 2.42. The van der Waals surface area contributed by atoms with E-state index >= 15 is 0 Å². The molecule has 2 aromatic rings. The standard InChI is InChI=1S/C16H18FN3O4S2/c1-3-7-20(2)26(23,24)13-9-12(14(18)21)16(25-13)19-15(22)10-5-4-6-11(17)8-10/h4-6,8-9H,3,7H2,1-2H3,(H2,18,21)(H,19,22). The van der Waals surface area contributed by atoms with Crippen LogP contribution in [-0.2, 0) is 10.0 Å². The summed E-state index contributed by atoms with van der Waals surface area (Å²) in [4.78, 5) is 23.9. The van der Waals surface area contributed by atoms with Crippen LogP contribution in [0.25, 0.3) is 0 Å². The molecule has 0 bridgehead atoms. The number of nitrogens with one attached hydrogen (secondary N) is 1. The number of anilines is 1. The Hall–Kier alpha value is -2.30. The van der Waals surface area contributed by atoms with E-state index in [0.717, 1.165) is 27.8 Å². The molecule has 0 unspecified atom stereocenters. The van der Waals surface area contributed by atoms with Crippen LogP contribution in [0.3, 0.4) is 0 Å². The molecule has 0 atom stereocenters. The first-order chi connectivity index (χ1) is 12.2. The minimum absolute atomic E-state index is 0.00441. The predicted octanol–water partition coefficient (Wildman–Crippen LogP) is 2.27. The summed E-state index contributed by atoms with van der Waals surface area (Å²) in [5.41, 5.74) is 5.20. The lowest BCUT2D eigenvalue weighted by Crippen LogP contribution is -2.27. The van der Waals surface area contributed by atoms with E-state index in [-0.39, 0.29) is 20.3 Å². The number of hydrogen-bond acceptors (Lipinski definition) is 5. The summed E-state index contributed by atoms with van der Waals surface area (Å²) >= 11 is 0.720. The van der Waals surface area contributed by atoms with Crippen molar-refractivity contribution in [3.05, 3.63) is 47.3 Å². The number of nitrogens with two attached hydrogens (primary N) is 1. The van der Waals surface area contributed by atoms with E-state index in [1.807, 2.05) is 6.92 Å². The molecule has 0 aliphatic rings. The van der Waals surface area contributed by atoms with Crippen molar-refractivity contribution in [2.24, 2.45) is 5.73 Å². The Kier molecular flexibility index (Phi) is 6.11. The van der Waals surface area contributed by atoms with Crippen molar-refractivity contribution in [1.82, 2.24) is 4.31 Å². The van der Waals surface area contributed by atoms with Gasteiger partial charge in [-0.3, -0.25) is 9.59 Å². The molecule has 7 nitrogen and oxygen atoms in total. The number of hydrogen-bond donors (Lipinski definition) is 2. The molecule has 140 valence electrons. The van der Waals surface area contributed by atoms with E-state index in [0.29, 0.717) is 13.0 Å². The number of primary amides is 1. The van der Waals surface area contributed by atoms with Gasteiger partial charge in [0, 0.05) is 19.2 Å². The van der Waals surface area contributed by atoms with Crippen molar-refractivity contribution in [2.75, 3.05) is 18.9 Å². The van der Waals surface area contributed by atoms with Gasteiger partial charge < -0.3 is 11.1 Å². The van der Waals surface area contributed by atoms with Gasteiger partial charge in [-0.25, -0.2) is 17.1 Å². The molecule has 3 N–H and O–H groups in total. The third-order valence-electron chi connectivity index (χ3n) is 3.49. The summed E-state index contributed by atoms with van der Waals surface area (Å²) in [7, 11) is -2.39. The summed E-state index contributed by atoms with van der Waals surface area (Å²) in [6.07, 6.45) is 0.618. The number of carbonyl (C=O) groups is 2. The number of rotatable bonds is 7. The first-order valence-electron chi connectivity index (χ1n) is 7.63. The van der Waals surface area contributed by atoms with Crippen molar-refractivity contribution >= 4 is 38.2 Å². The molecule has 0 saturated heterocycles. The van der Waals surface area contributed by atoms with Crippen LogP contribution in [0.4, 0.5) is 9.39 Å². The molecular formula is C16H18FN3O4S2. The SMILES string of the molecule is CCCN(C)S(=O)(=O)c1cc(C(N)=O)c(NC(=O)c2cccc(F)c2)s1. The van der Waals surface area contributed by atoms with E-state index in [1.165, 1.54) is 25.2 Å². The van der Waals surface area contributed by atoms with Gasteiger partial charge in [0.2, 0.25) is 0 Å². The number of amides is 2. The van der Waals surface area contributed by atoms with Gasteiger partial charge in [-0.15, -0.1) is 11.3 Å². The van der Waals surface area contributed by atoms with Crippen molar-refractivity contribution in [3.8, 4) is 0 Å². The predicted molar refractivity (Wildman–Crippen MR) is 97.3 cm³/mol. The average Bonchev–Trinajstić information content (AvgIpc) is 3.00. The minimum Gasteiger partial charge on any atom is -0.366 e. The van der Waals surface area contributed by atoms with Gasteiger partial charge in [-0.05, 0) is 30.7 Å². The van der Waals surface area contributed by atoms with E-state index in [4.69, 9.17) is 5.73 Å². The van der Waals surface area contributed by atoms with Gasteiger partial charge in [0.15, 0.2) is 0 Å². The molecule has 1 aromatic heterocycles. The van der Waals surface area contributed by atoms with Gasteiger partial charge in [0.1, 0.15) is 15.0 Å². The number of carbonyl (C=O) groups excluding carboxylic acids is 2. The Morgan fingerprint density at radius 3 is 2.58 bits per heavy atom. The van der Waals surface area contributed by atoms with Crippen LogP contribution >= 0.6 is 11.3 Å². The first kappa shape index (κ1) is 20.0. The number of nitrogens with zero attached hydrogens (tertiary/aromatic N) is 1. The topological polar surface area (TPSA) is 110 Å². The van der Waals surface area contributed by atoms with E-state index < -0.39 is 27.7 Å². The summed E-state index contributed by atoms with van der Waals surface area (Å²) < 4.78 is 39.4. The number of halogens is 1. The number of benzene rings is 1. The van der Waals surface area contributed by atoms with Crippen LogP contribution in [0.2, 0.25) is 0 Å². The normalized spacial score (nSPS) is 11.5. The zero-order valence-electron chi connectivity index (χ0n) is 14.2. The zero-order chi connectivity index (χ0) is 19.5. The van der Waals surface area contributed by atoms with Crippen LogP contribution in [0.15, 0.2) is 34.5 Å². The highest BCUT2D eigenvalue weighted by atomic mass is 32.2. The number of thiophene rings is 1. The second kappa shape index (κ2) is 7.94. The molecule has 0 spiro atoms. The Morgan fingerprint density at radius 2 is 2.00 bits per heavy atom. The molecule has 1 heterocycles. The molecule has 2 rings (SSSR count). The summed E-state index contributed by atoms with van der Waals surface area (Å²) in [6, 6.07) is 6.10. The molecule has 2 amide bonds. The summed E-state index contributed by atoms with van der Waals surface area (Å²) in [6.45, 7) is 2.14. The maximum atomic E-state index is 13.3. The van der Waals surface area contributed by atoms with E-state index in [2.05, 4.69) is 5.32 Å². The van der Waals surface area contributed by atoms with Gasteiger partial charge in [0.05, 0.1) is 5.56 Å². The van der Waals surface area contributed by atoms with Crippen LogP contribution in [0.1, 0.15) is 34.1 Å². The van der Waals surface area contributed by atoms with Crippen LogP contribution < -0.4 is 11.1 Å². The highest BCUT2D eigenvalue weighted by Crippen LogP contribution is 2.33. The lowest BCUT2D eigenvalue weighted by molar-refractivity contribution is 0.100. The van der Waals surface area contributed by atoms with Crippen molar-refractivity contribution in [2.45, 2.75) is 17.6 Å². The average molecular weight is 399 g/mol. The molecule has 0 aliphatic heterocycles. The quantitative estimate of drug-likeness (QED) is 0.744. The fourth-order valence-electron chi connectivity index (χ4n) is 2.17. The fourth-order valence-corrected chi connectivity index (χ4v) is 5.01. The Balaban J connectivity index is 2.38. The van der Waals surface area contributed by atoms with Crippen molar-refractivity contribution < 1.29 is 22.4 Å². The third-order valence-corrected chi connectivity index (χ3v) is 6.85. The lowest BCUT2D eigenvalue weighted by Gasteiger charge is -2.14. The fraction of sp³-hybridized carbons (Fsp3) is 0.250. The molecule has 0 saturated carbocycles. The monoisotopic (exact) mass is 399 g/mol. The van der Waals surface area contributed by atoms with E-state index in [1.54, 1.807) is 0 Å². The van der Waals surface area contributed by atoms with Gasteiger partial charge >= 0.3 is 0 Å². The second-order valence-corrected chi connectivity index (χ2v) is 8.79. The largest absolute Gasteiger partial charge is 0.366 e. The first-order valence-corrected chi connectivity index (χ1v) is 9.89. The number of sulfonamides is 1. The Bertz CT molecular complexity index is 941. The molecule has 0 radical (unpaired) electrons. The Morgan fingerprint density at radius 1 is 1.31 bits per heavy atom. The Labute approximate surface area is 154 Å². The minimum atomic E-state index is -3.81. The van der Waals surface area contributed by atoms with Gasteiger partial charge in [0.25, 0.3) is 21.8 Å². The lowest BCUT2D eigenvalue weighted by atomic mass is 10.2. The smallest absolute Gasteiger partial charge is 0.256 e.